The molecular weight excluding hydrogens is 334 g/mol. The van der Waals surface area contributed by atoms with Gasteiger partial charge in [-0.05, 0) is 38.0 Å². The van der Waals surface area contributed by atoms with E-state index in [9.17, 15) is 4.79 Å². The standard InChI is InChI=1S/C23H25N3O/c1-17-9-11-20(12-10-17)13-14-23(27)24-15-22-18(2)25-26(19(22)3)16-21-7-5-4-6-8-21/h4-14H,15-16H2,1-3H3,(H,24,27)/b14-13+. The van der Waals surface area contributed by atoms with Gasteiger partial charge in [0.1, 0.15) is 0 Å². The second-order valence-corrected chi connectivity index (χ2v) is 6.75. The van der Waals surface area contributed by atoms with Crippen LogP contribution in [0.5, 0.6) is 0 Å². The summed E-state index contributed by atoms with van der Waals surface area (Å²) in [7, 11) is 0. The van der Waals surface area contributed by atoms with E-state index in [1.54, 1.807) is 6.08 Å². The van der Waals surface area contributed by atoms with Gasteiger partial charge in [-0.25, -0.2) is 0 Å². The van der Waals surface area contributed by atoms with Crippen LogP contribution in [0.1, 0.15) is 33.6 Å². The summed E-state index contributed by atoms with van der Waals surface area (Å²) in [6.45, 7) is 7.28. The van der Waals surface area contributed by atoms with Gasteiger partial charge in [-0.1, -0.05) is 60.2 Å². The average molecular weight is 359 g/mol. The Bertz CT molecular complexity index is 938. The lowest BCUT2D eigenvalue weighted by molar-refractivity contribution is -0.116. The van der Waals surface area contributed by atoms with E-state index in [1.807, 2.05) is 74.0 Å². The Hall–Kier alpha value is -3.14. The molecule has 4 heteroatoms. The number of aryl methyl sites for hydroxylation is 2. The molecule has 0 radical (unpaired) electrons. The van der Waals surface area contributed by atoms with E-state index in [2.05, 4.69) is 22.5 Å². The maximum absolute atomic E-state index is 12.2. The third kappa shape index (κ3) is 4.94. The predicted molar refractivity (Wildman–Crippen MR) is 109 cm³/mol. The largest absolute Gasteiger partial charge is 0.348 e. The molecule has 0 spiro atoms. The second-order valence-electron chi connectivity index (χ2n) is 6.75. The Kier molecular flexibility index (Phi) is 5.87. The number of amides is 1. The van der Waals surface area contributed by atoms with E-state index < -0.39 is 0 Å². The number of rotatable bonds is 6. The number of aromatic nitrogens is 2. The third-order valence-electron chi connectivity index (χ3n) is 4.65. The predicted octanol–water partition coefficient (Wildman–Crippen LogP) is 4.19. The molecule has 27 heavy (non-hydrogen) atoms. The number of benzene rings is 2. The normalized spacial score (nSPS) is 11.1. The fraction of sp³-hybridized carbons (Fsp3) is 0.217. The SMILES string of the molecule is Cc1ccc(/C=C/C(=O)NCc2c(C)nn(Cc3ccccc3)c2C)cc1. The summed E-state index contributed by atoms with van der Waals surface area (Å²) in [6.07, 6.45) is 3.40. The molecule has 1 N–H and O–H groups in total. The van der Waals surface area contributed by atoms with Crippen LogP contribution >= 0.6 is 0 Å². The summed E-state index contributed by atoms with van der Waals surface area (Å²) in [5.74, 6) is -0.106. The first kappa shape index (κ1) is 18.6. The molecule has 0 bridgehead atoms. The first-order chi connectivity index (χ1) is 13.0. The van der Waals surface area contributed by atoms with Gasteiger partial charge in [-0.3, -0.25) is 9.48 Å². The average Bonchev–Trinajstić information content (AvgIpc) is 2.93. The molecule has 1 heterocycles. The van der Waals surface area contributed by atoms with Crippen molar-refractivity contribution >= 4 is 12.0 Å². The van der Waals surface area contributed by atoms with Crippen molar-refractivity contribution in [1.29, 1.82) is 0 Å². The summed E-state index contributed by atoms with van der Waals surface area (Å²) in [5, 5.41) is 7.59. The van der Waals surface area contributed by atoms with E-state index >= 15 is 0 Å². The minimum Gasteiger partial charge on any atom is -0.348 e. The summed E-state index contributed by atoms with van der Waals surface area (Å²) < 4.78 is 1.99. The zero-order chi connectivity index (χ0) is 19.2. The Morgan fingerprint density at radius 3 is 2.44 bits per heavy atom. The summed E-state index contributed by atoms with van der Waals surface area (Å²) in [5.41, 5.74) is 6.53. The van der Waals surface area contributed by atoms with Crippen molar-refractivity contribution < 1.29 is 4.79 Å². The Morgan fingerprint density at radius 2 is 1.74 bits per heavy atom. The Balaban J connectivity index is 1.62. The molecule has 4 nitrogen and oxygen atoms in total. The first-order valence-electron chi connectivity index (χ1n) is 9.12. The number of nitrogens with zero attached hydrogens (tertiary/aromatic N) is 2. The summed E-state index contributed by atoms with van der Waals surface area (Å²) in [4.78, 5) is 12.2. The first-order valence-corrected chi connectivity index (χ1v) is 9.12. The van der Waals surface area contributed by atoms with Crippen molar-refractivity contribution in [2.45, 2.75) is 33.9 Å². The van der Waals surface area contributed by atoms with Crippen LogP contribution in [0.2, 0.25) is 0 Å². The molecule has 3 rings (SSSR count). The van der Waals surface area contributed by atoms with Crippen LogP contribution in [0.15, 0.2) is 60.7 Å². The number of carbonyl (C=O) groups excluding carboxylic acids is 1. The maximum atomic E-state index is 12.2. The van der Waals surface area contributed by atoms with Crippen molar-refractivity contribution in [3.05, 3.63) is 94.3 Å². The summed E-state index contributed by atoms with van der Waals surface area (Å²) >= 11 is 0. The van der Waals surface area contributed by atoms with Gasteiger partial charge in [0.15, 0.2) is 0 Å². The van der Waals surface area contributed by atoms with E-state index in [-0.39, 0.29) is 5.91 Å². The molecule has 0 fully saturated rings. The molecule has 0 saturated heterocycles. The minimum atomic E-state index is -0.106. The highest BCUT2D eigenvalue weighted by atomic mass is 16.1. The number of hydrogen-bond acceptors (Lipinski definition) is 2. The van der Waals surface area contributed by atoms with Gasteiger partial charge in [-0.2, -0.15) is 5.10 Å². The van der Waals surface area contributed by atoms with Gasteiger partial charge < -0.3 is 5.32 Å². The topological polar surface area (TPSA) is 46.9 Å². The molecule has 138 valence electrons. The second kappa shape index (κ2) is 8.49. The zero-order valence-electron chi connectivity index (χ0n) is 16.1. The Labute approximate surface area is 160 Å². The maximum Gasteiger partial charge on any atom is 0.244 e. The fourth-order valence-electron chi connectivity index (χ4n) is 2.98. The minimum absolute atomic E-state index is 0.106. The van der Waals surface area contributed by atoms with Crippen LogP contribution in [0.3, 0.4) is 0 Å². The van der Waals surface area contributed by atoms with Gasteiger partial charge in [-0.15, -0.1) is 0 Å². The van der Waals surface area contributed by atoms with Crippen LogP contribution < -0.4 is 5.32 Å². The highest BCUT2D eigenvalue weighted by Gasteiger charge is 2.12. The molecule has 0 atom stereocenters. The van der Waals surface area contributed by atoms with E-state index in [1.165, 1.54) is 11.1 Å². The van der Waals surface area contributed by atoms with E-state index in [0.29, 0.717) is 6.54 Å². The molecule has 0 aliphatic rings. The lowest BCUT2D eigenvalue weighted by Crippen LogP contribution is -2.21. The fourth-order valence-corrected chi connectivity index (χ4v) is 2.98. The van der Waals surface area contributed by atoms with Crippen LogP contribution in [0, 0.1) is 20.8 Å². The quantitative estimate of drug-likeness (QED) is 0.671. The number of nitrogens with one attached hydrogen (secondary N) is 1. The van der Waals surface area contributed by atoms with Crippen LogP contribution in [-0.2, 0) is 17.9 Å². The molecule has 1 amide bonds. The monoisotopic (exact) mass is 359 g/mol. The van der Waals surface area contributed by atoms with Crippen molar-refractivity contribution in [3.8, 4) is 0 Å². The van der Waals surface area contributed by atoms with E-state index in [4.69, 9.17) is 0 Å². The van der Waals surface area contributed by atoms with E-state index in [0.717, 1.165) is 29.1 Å². The van der Waals surface area contributed by atoms with Gasteiger partial charge in [0, 0.05) is 23.9 Å². The third-order valence-corrected chi connectivity index (χ3v) is 4.65. The van der Waals surface area contributed by atoms with Gasteiger partial charge in [0.05, 0.1) is 12.2 Å². The van der Waals surface area contributed by atoms with Gasteiger partial charge in [0.2, 0.25) is 5.91 Å². The highest BCUT2D eigenvalue weighted by molar-refractivity contribution is 5.91. The van der Waals surface area contributed by atoms with Crippen LogP contribution in [0.25, 0.3) is 6.08 Å². The lowest BCUT2D eigenvalue weighted by Gasteiger charge is -2.06. The molecule has 0 saturated carbocycles. The molecule has 0 aliphatic heterocycles. The van der Waals surface area contributed by atoms with Crippen molar-refractivity contribution in [2.75, 3.05) is 0 Å². The van der Waals surface area contributed by atoms with Crippen molar-refractivity contribution in [1.82, 2.24) is 15.1 Å². The number of carbonyl (C=O) groups is 1. The zero-order valence-corrected chi connectivity index (χ0v) is 16.1. The van der Waals surface area contributed by atoms with Crippen molar-refractivity contribution in [3.63, 3.8) is 0 Å². The van der Waals surface area contributed by atoms with Gasteiger partial charge in [0.25, 0.3) is 0 Å². The Morgan fingerprint density at radius 1 is 1.04 bits per heavy atom. The van der Waals surface area contributed by atoms with Gasteiger partial charge >= 0.3 is 0 Å². The highest BCUT2D eigenvalue weighted by Crippen LogP contribution is 2.14. The molecule has 0 aliphatic carbocycles. The molecule has 1 aromatic heterocycles. The molecule has 2 aromatic carbocycles. The summed E-state index contributed by atoms with van der Waals surface area (Å²) in [6, 6.07) is 18.3. The molecule has 0 unspecified atom stereocenters. The molecule has 3 aromatic rings. The smallest absolute Gasteiger partial charge is 0.244 e. The van der Waals surface area contributed by atoms with Crippen molar-refractivity contribution in [2.24, 2.45) is 0 Å². The number of hydrogen-bond donors (Lipinski definition) is 1. The van der Waals surface area contributed by atoms with Crippen LogP contribution in [0.4, 0.5) is 0 Å². The molecular formula is C23H25N3O. The van der Waals surface area contributed by atoms with Crippen LogP contribution in [-0.4, -0.2) is 15.7 Å². The lowest BCUT2D eigenvalue weighted by atomic mass is 10.1.